The van der Waals surface area contributed by atoms with Crippen LogP contribution in [0.3, 0.4) is 0 Å². The summed E-state index contributed by atoms with van der Waals surface area (Å²) in [6, 6.07) is 11.8. The topological polar surface area (TPSA) is 42.2 Å². The molecule has 114 valence electrons. The fourth-order valence-electron chi connectivity index (χ4n) is 1.93. The maximum absolute atomic E-state index is 12.9. The predicted molar refractivity (Wildman–Crippen MR) is 73.5 cm³/mol. The van der Waals surface area contributed by atoms with E-state index in [0.29, 0.717) is 11.3 Å². The van der Waals surface area contributed by atoms with E-state index in [1.165, 1.54) is 19.2 Å². The van der Waals surface area contributed by atoms with Gasteiger partial charge in [0.2, 0.25) is 0 Å². The van der Waals surface area contributed by atoms with Gasteiger partial charge in [-0.25, -0.2) is 0 Å². The Morgan fingerprint density at radius 2 is 1.86 bits per heavy atom. The molecule has 0 aromatic heterocycles. The van der Waals surface area contributed by atoms with Gasteiger partial charge in [-0.2, -0.15) is 18.4 Å². The number of halogens is 3. The lowest BCUT2D eigenvalue weighted by molar-refractivity contribution is -0.137. The van der Waals surface area contributed by atoms with Crippen molar-refractivity contribution in [2.45, 2.75) is 12.8 Å². The van der Waals surface area contributed by atoms with Crippen LogP contribution >= 0.6 is 0 Å². The summed E-state index contributed by atoms with van der Waals surface area (Å²) in [6.07, 6.45) is -4.60. The highest BCUT2D eigenvalue weighted by Crippen LogP contribution is 2.34. The van der Waals surface area contributed by atoms with E-state index in [9.17, 15) is 13.2 Å². The number of methoxy groups -OCH3 is 1. The molecule has 0 saturated carbocycles. The van der Waals surface area contributed by atoms with E-state index in [1.54, 1.807) is 24.3 Å². The first-order chi connectivity index (χ1) is 10.5. The summed E-state index contributed by atoms with van der Waals surface area (Å²) < 4.78 is 49.1. The molecule has 0 fully saturated rings. The molecule has 0 radical (unpaired) electrons. The molecule has 2 rings (SSSR count). The lowest BCUT2D eigenvalue weighted by Gasteiger charge is -2.13. The van der Waals surface area contributed by atoms with Gasteiger partial charge < -0.3 is 9.47 Å². The molecule has 0 atom stereocenters. The van der Waals surface area contributed by atoms with Crippen molar-refractivity contribution in [2.24, 2.45) is 0 Å². The van der Waals surface area contributed by atoms with E-state index in [1.807, 2.05) is 0 Å². The van der Waals surface area contributed by atoms with Crippen LogP contribution in [0.4, 0.5) is 13.2 Å². The van der Waals surface area contributed by atoms with Crippen molar-refractivity contribution in [2.75, 3.05) is 7.11 Å². The summed E-state index contributed by atoms with van der Waals surface area (Å²) >= 11 is 0. The van der Waals surface area contributed by atoms with Crippen LogP contribution in [0.2, 0.25) is 0 Å². The molecule has 0 N–H and O–H groups in total. The largest absolute Gasteiger partial charge is 0.496 e. The maximum atomic E-state index is 12.9. The predicted octanol–water partition coefficient (Wildman–Crippen LogP) is 4.16. The Morgan fingerprint density at radius 3 is 2.50 bits per heavy atom. The molecule has 22 heavy (non-hydrogen) atoms. The lowest BCUT2D eigenvalue weighted by Crippen LogP contribution is -2.08. The number of benzene rings is 2. The molecule has 0 aliphatic rings. The summed E-state index contributed by atoms with van der Waals surface area (Å²) in [5, 5.41) is 8.74. The molecule has 0 aliphatic heterocycles. The molecule has 0 spiro atoms. The minimum atomic E-state index is -4.60. The van der Waals surface area contributed by atoms with Crippen molar-refractivity contribution in [1.29, 1.82) is 5.26 Å². The quantitative estimate of drug-likeness (QED) is 0.851. The number of para-hydroxylation sites is 1. The number of hydrogen-bond donors (Lipinski definition) is 0. The zero-order valence-corrected chi connectivity index (χ0v) is 11.6. The second kappa shape index (κ2) is 6.39. The van der Waals surface area contributed by atoms with Gasteiger partial charge in [-0.15, -0.1) is 0 Å². The Balaban J connectivity index is 2.22. The third kappa shape index (κ3) is 3.50. The van der Waals surface area contributed by atoms with Crippen molar-refractivity contribution in [3.05, 3.63) is 59.2 Å². The van der Waals surface area contributed by atoms with E-state index in [0.717, 1.165) is 12.1 Å². The number of nitriles is 1. The number of ether oxygens (including phenoxy) is 2. The molecule has 0 saturated heterocycles. The third-order valence-electron chi connectivity index (χ3n) is 3.00. The molecular formula is C16H12F3NO2. The average molecular weight is 307 g/mol. The normalized spacial score (nSPS) is 10.9. The number of alkyl halides is 3. The summed E-state index contributed by atoms with van der Waals surface area (Å²) in [5.41, 5.74) is -0.729. The Hall–Kier alpha value is -2.68. The van der Waals surface area contributed by atoms with Crippen LogP contribution in [0.25, 0.3) is 0 Å². The SMILES string of the molecule is COc1ccccc1COc1ccc(C#N)c(C(F)(F)F)c1. The number of rotatable bonds is 4. The molecule has 6 heteroatoms. The smallest absolute Gasteiger partial charge is 0.417 e. The Morgan fingerprint density at radius 1 is 1.14 bits per heavy atom. The fourth-order valence-corrected chi connectivity index (χ4v) is 1.93. The standard InChI is InChI=1S/C16H12F3NO2/c1-21-15-5-3-2-4-12(15)10-22-13-7-6-11(9-20)14(8-13)16(17,18)19/h2-8H,10H2,1H3. The molecule has 0 bridgehead atoms. The summed E-state index contributed by atoms with van der Waals surface area (Å²) in [6.45, 7) is 0.0627. The summed E-state index contributed by atoms with van der Waals surface area (Å²) in [5.74, 6) is 0.629. The van der Waals surface area contributed by atoms with E-state index in [-0.39, 0.29) is 12.4 Å². The van der Waals surface area contributed by atoms with Gasteiger partial charge in [0.25, 0.3) is 0 Å². The van der Waals surface area contributed by atoms with Gasteiger partial charge in [0.05, 0.1) is 24.3 Å². The van der Waals surface area contributed by atoms with Crippen LogP contribution in [-0.2, 0) is 12.8 Å². The zero-order chi connectivity index (χ0) is 16.2. The van der Waals surface area contributed by atoms with Gasteiger partial charge >= 0.3 is 6.18 Å². The van der Waals surface area contributed by atoms with Gasteiger partial charge in [0.1, 0.15) is 18.1 Å². The highest BCUT2D eigenvalue weighted by Gasteiger charge is 2.34. The molecule has 2 aromatic carbocycles. The first-order valence-corrected chi connectivity index (χ1v) is 6.31. The molecule has 2 aromatic rings. The first kappa shape index (κ1) is 15.7. The second-order valence-electron chi connectivity index (χ2n) is 4.42. The van der Waals surface area contributed by atoms with Crippen molar-refractivity contribution in [3.8, 4) is 17.6 Å². The molecule has 0 heterocycles. The molecule has 0 unspecified atom stereocenters. The van der Waals surface area contributed by atoms with Crippen molar-refractivity contribution < 1.29 is 22.6 Å². The van der Waals surface area contributed by atoms with Gasteiger partial charge in [0, 0.05) is 5.56 Å². The Labute approximate surface area is 125 Å². The third-order valence-corrected chi connectivity index (χ3v) is 3.00. The average Bonchev–Trinajstić information content (AvgIpc) is 2.52. The summed E-state index contributed by atoms with van der Waals surface area (Å²) in [4.78, 5) is 0. The highest BCUT2D eigenvalue weighted by atomic mass is 19.4. The molecule has 0 aliphatic carbocycles. The van der Waals surface area contributed by atoms with Crippen LogP contribution in [0.15, 0.2) is 42.5 Å². The molecule has 0 amide bonds. The van der Waals surface area contributed by atoms with Gasteiger partial charge in [-0.05, 0) is 24.3 Å². The van der Waals surface area contributed by atoms with Crippen LogP contribution in [-0.4, -0.2) is 7.11 Å². The van der Waals surface area contributed by atoms with Crippen molar-refractivity contribution in [3.63, 3.8) is 0 Å². The van der Waals surface area contributed by atoms with Gasteiger partial charge in [-0.3, -0.25) is 0 Å². The number of hydrogen-bond acceptors (Lipinski definition) is 3. The monoisotopic (exact) mass is 307 g/mol. The Kier molecular flexibility index (Phi) is 4.56. The fraction of sp³-hybridized carbons (Fsp3) is 0.188. The minimum absolute atomic E-state index is 0.0391. The van der Waals surface area contributed by atoms with Gasteiger partial charge in [-0.1, -0.05) is 18.2 Å². The maximum Gasteiger partial charge on any atom is 0.417 e. The van der Waals surface area contributed by atoms with E-state index in [2.05, 4.69) is 0 Å². The van der Waals surface area contributed by atoms with Crippen molar-refractivity contribution in [1.82, 2.24) is 0 Å². The number of nitrogens with zero attached hydrogens (tertiary/aromatic N) is 1. The van der Waals surface area contributed by atoms with Crippen LogP contribution in [0.5, 0.6) is 11.5 Å². The zero-order valence-electron chi connectivity index (χ0n) is 11.6. The minimum Gasteiger partial charge on any atom is -0.496 e. The van der Waals surface area contributed by atoms with E-state index < -0.39 is 17.3 Å². The van der Waals surface area contributed by atoms with Crippen LogP contribution in [0, 0.1) is 11.3 Å². The van der Waals surface area contributed by atoms with Crippen LogP contribution < -0.4 is 9.47 Å². The van der Waals surface area contributed by atoms with Crippen molar-refractivity contribution >= 4 is 0 Å². The summed E-state index contributed by atoms with van der Waals surface area (Å²) in [7, 11) is 1.50. The molecule has 3 nitrogen and oxygen atoms in total. The molecular weight excluding hydrogens is 295 g/mol. The Bertz CT molecular complexity index is 705. The second-order valence-corrected chi connectivity index (χ2v) is 4.42. The highest BCUT2D eigenvalue weighted by molar-refractivity contribution is 5.44. The first-order valence-electron chi connectivity index (χ1n) is 6.31. The van der Waals surface area contributed by atoms with Crippen LogP contribution in [0.1, 0.15) is 16.7 Å². The lowest BCUT2D eigenvalue weighted by atomic mass is 10.1. The van der Waals surface area contributed by atoms with E-state index in [4.69, 9.17) is 14.7 Å². The van der Waals surface area contributed by atoms with Gasteiger partial charge in [0.15, 0.2) is 0 Å². The van der Waals surface area contributed by atoms with E-state index >= 15 is 0 Å².